The number of carbonyl (C=O) groups excluding carboxylic acids is 1. The van der Waals surface area contributed by atoms with Gasteiger partial charge in [0.1, 0.15) is 12.4 Å². The zero-order chi connectivity index (χ0) is 13.1. The van der Waals surface area contributed by atoms with Crippen molar-refractivity contribution < 1.29 is 19.6 Å². The molecule has 0 aliphatic carbocycles. The number of H-pyrrole nitrogens is 1. The molecule has 0 spiro atoms. The van der Waals surface area contributed by atoms with E-state index in [-0.39, 0.29) is 23.0 Å². The molecule has 0 saturated carbocycles. The van der Waals surface area contributed by atoms with Gasteiger partial charge >= 0.3 is 5.16 Å². The van der Waals surface area contributed by atoms with Crippen LogP contribution in [-0.2, 0) is 7.05 Å². The SMILES string of the molecule is C[n+]1cc[nH]c1SCC(=O)c1ccc(O)c(O)c1. The standard InChI is InChI=1S/C12H12N2O3S/c1-14-5-4-13-12(14)18-7-11(17)8-2-3-9(15)10(16)6-8/h2-6H,7H2,1H3,(H2,15,16,17)/p+1. The summed E-state index contributed by atoms with van der Waals surface area (Å²) in [6.07, 6.45) is 3.65. The van der Waals surface area contributed by atoms with Gasteiger partial charge in [0.25, 0.3) is 0 Å². The third-order valence-corrected chi connectivity index (χ3v) is 3.55. The third kappa shape index (κ3) is 2.65. The van der Waals surface area contributed by atoms with E-state index in [0.29, 0.717) is 5.56 Å². The van der Waals surface area contributed by atoms with E-state index in [2.05, 4.69) is 4.98 Å². The van der Waals surface area contributed by atoms with Crippen molar-refractivity contribution in [3.63, 3.8) is 0 Å². The maximum absolute atomic E-state index is 11.9. The Kier molecular flexibility index (Phi) is 3.57. The Hall–Kier alpha value is -1.95. The quantitative estimate of drug-likeness (QED) is 0.336. The average molecular weight is 265 g/mol. The van der Waals surface area contributed by atoms with Gasteiger partial charge in [0.15, 0.2) is 17.3 Å². The predicted molar refractivity (Wildman–Crippen MR) is 66.8 cm³/mol. The van der Waals surface area contributed by atoms with Crippen LogP contribution in [0, 0.1) is 0 Å². The van der Waals surface area contributed by atoms with Gasteiger partial charge in [-0.3, -0.25) is 4.79 Å². The number of thioether (sulfide) groups is 1. The van der Waals surface area contributed by atoms with E-state index < -0.39 is 0 Å². The maximum atomic E-state index is 11.9. The fourth-order valence-electron chi connectivity index (χ4n) is 1.45. The van der Waals surface area contributed by atoms with Crippen LogP contribution >= 0.6 is 11.8 Å². The normalized spacial score (nSPS) is 10.5. The molecule has 1 aromatic carbocycles. The number of phenols is 2. The highest BCUT2D eigenvalue weighted by Crippen LogP contribution is 2.25. The number of imidazole rings is 1. The number of nitrogens with one attached hydrogen (secondary N) is 1. The molecule has 0 unspecified atom stereocenters. The molecule has 0 atom stereocenters. The topological polar surface area (TPSA) is 77.2 Å². The summed E-state index contributed by atoms with van der Waals surface area (Å²) in [6, 6.07) is 4.07. The molecule has 0 aliphatic heterocycles. The smallest absolute Gasteiger partial charge is 0.315 e. The number of ketones is 1. The van der Waals surface area contributed by atoms with E-state index in [1.54, 1.807) is 6.20 Å². The Morgan fingerprint density at radius 3 is 2.78 bits per heavy atom. The van der Waals surface area contributed by atoms with Crippen molar-refractivity contribution in [3.8, 4) is 11.5 Å². The van der Waals surface area contributed by atoms with Crippen molar-refractivity contribution in [3.05, 3.63) is 36.2 Å². The summed E-state index contributed by atoms with van der Waals surface area (Å²) in [5.74, 6) is -0.352. The van der Waals surface area contributed by atoms with E-state index in [0.717, 1.165) is 5.16 Å². The highest BCUT2D eigenvalue weighted by atomic mass is 32.2. The summed E-state index contributed by atoms with van der Waals surface area (Å²) < 4.78 is 1.88. The van der Waals surface area contributed by atoms with Crippen molar-refractivity contribution in [2.24, 2.45) is 7.05 Å². The molecule has 0 bridgehead atoms. The van der Waals surface area contributed by atoms with Crippen LogP contribution in [0.15, 0.2) is 35.7 Å². The third-order valence-electron chi connectivity index (χ3n) is 2.46. The van der Waals surface area contributed by atoms with Gasteiger partial charge in [-0.05, 0) is 30.0 Å². The Morgan fingerprint density at radius 2 is 2.17 bits per heavy atom. The second-order valence-electron chi connectivity index (χ2n) is 3.79. The van der Waals surface area contributed by atoms with Gasteiger partial charge in [-0.15, -0.1) is 0 Å². The molecular weight excluding hydrogens is 252 g/mol. The molecule has 0 saturated heterocycles. The molecule has 3 N–H and O–H groups in total. The Morgan fingerprint density at radius 1 is 1.39 bits per heavy atom. The minimum Gasteiger partial charge on any atom is -0.504 e. The first-order valence-electron chi connectivity index (χ1n) is 5.29. The van der Waals surface area contributed by atoms with Crippen LogP contribution in [0.3, 0.4) is 0 Å². The number of benzene rings is 1. The first kappa shape index (κ1) is 12.5. The van der Waals surface area contributed by atoms with Gasteiger partial charge in [-0.2, -0.15) is 0 Å². The molecule has 0 fully saturated rings. The number of nitrogens with zero attached hydrogens (tertiary/aromatic N) is 1. The first-order valence-corrected chi connectivity index (χ1v) is 6.27. The maximum Gasteiger partial charge on any atom is 0.315 e. The summed E-state index contributed by atoms with van der Waals surface area (Å²) in [6.45, 7) is 0. The lowest BCUT2D eigenvalue weighted by Gasteiger charge is -2.01. The lowest BCUT2D eigenvalue weighted by molar-refractivity contribution is -0.708. The number of hydrogen-bond donors (Lipinski definition) is 3. The van der Waals surface area contributed by atoms with Gasteiger partial charge in [0.2, 0.25) is 0 Å². The second-order valence-corrected chi connectivity index (χ2v) is 4.76. The fraction of sp³-hybridized carbons (Fsp3) is 0.167. The van der Waals surface area contributed by atoms with Crippen LogP contribution in [0.1, 0.15) is 10.4 Å². The molecule has 0 radical (unpaired) electrons. The summed E-state index contributed by atoms with van der Waals surface area (Å²) >= 11 is 1.38. The minimum absolute atomic E-state index is 0.107. The van der Waals surface area contributed by atoms with Gasteiger partial charge in [0, 0.05) is 5.56 Å². The molecule has 18 heavy (non-hydrogen) atoms. The number of rotatable bonds is 4. The number of aromatic amines is 1. The molecule has 1 heterocycles. The Balaban J connectivity index is 2.04. The van der Waals surface area contributed by atoms with Crippen molar-refractivity contribution in [1.29, 1.82) is 0 Å². The molecule has 5 nitrogen and oxygen atoms in total. The Labute approximate surface area is 108 Å². The molecule has 0 aliphatic rings. The van der Waals surface area contributed by atoms with Gasteiger partial charge < -0.3 is 10.2 Å². The van der Waals surface area contributed by atoms with E-state index in [4.69, 9.17) is 5.11 Å². The Bertz CT molecular complexity index is 580. The van der Waals surface area contributed by atoms with Crippen molar-refractivity contribution in [2.45, 2.75) is 5.16 Å². The fourth-order valence-corrected chi connectivity index (χ4v) is 2.30. The zero-order valence-electron chi connectivity index (χ0n) is 9.75. The number of carbonyl (C=O) groups is 1. The largest absolute Gasteiger partial charge is 0.504 e. The van der Waals surface area contributed by atoms with Crippen LogP contribution in [0.25, 0.3) is 0 Å². The monoisotopic (exact) mass is 265 g/mol. The van der Waals surface area contributed by atoms with Gasteiger partial charge in [0.05, 0.1) is 12.8 Å². The van der Waals surface area contributed by atoms with Crippen LogP contribution in [0.5, 0.6) is 11.5 Å². The first-order chi connectivity index (χ1) is 8.58. The van der Waals surface area contributed by atoms with E-state index in [1.165, 1.54) is 30.0 Å². The van der Waals surface area contributed by atoms with Crippen LogP contribution in [-0.4, -0.2) is 26.7 Å². The van der Waals surface area contributed by atoms with E-state index in [1.807, 2.05) is 17.8 Å². The molecule has 2 rings (SSSR count). The average Bonchev–Trinajstić information content (AvgIpc) is 2.75. The van der Waals surface area contributed by atoms with Crippen LogP contribution in [0.2, 0.25) is 0 Å². The van der Waals surface area contributed by atoms with E-state index >= 15 is 0 Å². The lowest BCUT2D eigenvalue weighted by Crippen LogP contribution is -2.27. The predicted octanol–water partition coefficient (Wildman–Crippen LogP) is 1.23. The zero-order valence-corrected chi connectivity index (χ0v) is 10.6. The summed E-state index contributed by atoms with van der Waals surface area (Å²) in [5.41, 5.74) is 0.381. The minimum atomic E-state index is -0.281. The van der Waals surface area contributed by atoms with Crippen LogP contribution < -0.4 is 4.57 Å². The second kappa shape index (κ2) is 5.14. The molecular formula is C12H13N2O3S+. The highest BCUT2D eigenvalue weighted by Gasteiger charge is 2.13. The van der Waals surface area contributed by atoms with Gasteiger partial charge in [-0.1, -0.05) is 0 Å². The number of phenolic OH excluding ortho intramolecular Hbond substituents is 2. The van der Waals surface area contributed by atoms with Crippen molar-refractivity contribution in [2.75, 3.05) is 5.75 Å². The summed E-state index contributed by atoms with van der Waals surface area (Å²) in [5, 5.41) is 19.4. The number of aryl methyl sites for hydroxylation is 1. The van der Waals surface area contributed by atoms with E-state index in [9.17, 15) is 9.90 Å². The number of hydrogen-bond acceptors (Lipinski definition) is 4. The van der Waals surface area contributed by atoms with Crippen molar-refractivity contribution >= 4 is 17.5 Å². The van der Waals surface area contributed by atoms with Crippen molar-refractivity contribution in [1.82, 2.24) is 4.98 Å². The lowest BCUT2D eigenvalue weighted by atomic mass is 10.1. The summed E-state index contributed by atoms with van der Waals surface area (Å²) in [4.78, 5) is 14.9. The highest BCUT2D eigenvalue weighted by molar-refractivity contribution is 7.99. The molecule has 6 heteroatoms. The van der Waals surface area contributed by atoms with Gasteiger partial charge in [-0.25, -0.2) is 9.55 Å². The number of Topliss-reactive ketones (excluding diaryl/α,β-unsaturated/α-hetero) is 1. The number of aromatic nitrogens is 2. The molecule has 0 amide bonds. The molecule has 94 valence electrons. The summed E-state index contributed by atoms with van der Waals surface area (Å²) in [7, 11) is 1.88. The van der Waals surface area contributed by atoms with Crippen LogP contribution in [0.4, 0.5) is 0 Å². The molecule has 1 aromatic heterocycles. The number of aromatic hydroxyl groups is 2. The molecule has 2 aromatic rings.